The number of nitrogens with one attached hydrogen (secondary N) is 2. The third-order valence-corrected chi connectivity index (χ3v) is 4.58. The molecule has 1 unspecified atom stereocenters. The molecule has 0 saturated heterocycles. The molecule has 0 spiro atoms. The number of anilines is 1. The number of rotatable bonds is 5. The molecule has 0 bridgehead atoms. The first-order valence-electron chi connectivity index (χ1n) is 5.74. The van der Waals surface area contributed by atoms with Crippen molar-refractivity contribution in [2.24, 2.45) is 5.14 Å². The molecule has 0 amide bonds. The van der Waals surface area contributed by atoms with Crippen molar-refractivity contribution in [2.75, 3.05) is 11.9 Å². The van der Waals surface area contributed by atoms with Crippen molar-refractivity contribution in [3.05, 3.63) is 28.8 Å². The number of hydrogen-bond acceptors (Lipinski definition) is 6. The molecule has 0 aliphatic carbocycles. The van der Waals surface area contributed by atoms with Gasteiger partial charge in [-0.1, -0.05) is 23.4 Å². The smallest absolute Gasteiger partial charge is 0.238 e. The maximum atomic E-state index is 11.4. The third-order valence-electron chi connectivity index (χ3n) is 2.44. The minimum Gasteiger partial charge on any atom is -0.492 e. The molecule has 1 heterocycles. The van der Waals surface area contributed by atoms with Gasteiger partial charge in [0.15, 0.2) is 5.50 Å². The van der Waals surface area contributed by atoms with Crippen molar-refractivity contribution >= 4 is 39.1 Å². The maximum absolute atomic E-state index is 11.4. The molecule has 1 aliphatic heterocycles. The van der Waals surface area contributed by atoms with Gasteiger partial charge in [-0.25, -0.2) is 13.6 Å². The van der Waals surface area contributed by atoms with Gasteiger partial charge in [-0.05, 0) is 25.1 Å². The van der Waals surface area contributed by atoms with Crippen molar-refractivity contribution < 1.29 is 13.2 Å². The lowest BCUT2D eigenvalue weighted by Gasteiger charge is -2.18. The monoisotopic (exact) mass is 335 g/mol. The van der Waals surface area contributed by atoms with Crippen LogP contribution in [0.25, 0.3) is 0 Å². The fourth-order valence-electron chi connectivity index (χ4n) is 1.61. The van der Waals surface area contributed by atoms with Crippen molar-refractivity contribution in [3.8, 4) is 5.75 Å². The zero-order chi connectivity index (χ0) is 14.8. The largest absolute Gasteiger partial charge is 0.492 e. The van der Waals surface area contributed by atoms with Crippen molar-refractivity contribution in [1.82, 2.24) is 5.32 Å². The predicted molar refractivity (Wildman–Crippen MR) is 81.1 cm³/mol. The zero-order valence-electron chi connectivity index (χ0n) is 10.6. The fourth-order valence-corrected chi connectivity index (χ4v) is 3.19. The molecule has 0 radical (unpaired) electrons. The van der Waals surface area contributed by atoms with E-state index in [4.69, 9.17) is 21.5 Å². The van der Waals surface area contributed by atoms with E-state index in [0.717, 1.165) is 0 Å². The summed E-state index contributed by atoms with van der Waals surface area (Å²) in [5.41, 5.74) is 0.334. The van der Waals surface area contributed by atoms with Crippen molar-refractivity contribution in [3.63, 3.8) is 0 Å². The summed E-state index contributed by atoms with van der Waals surface area (Å²) < 4.78 is 28.3. The van der Waals surface area contributed by atoms with E-state index in [9.17, 15) is 8.42 Å². The van der Waals surface area contributed by atoms with Gasteiger partial charge in [0.25, 0.3) is 0 Å². The van der Waals surface area contributed by atoms with E-state index >= 15 is 0 Å². The Morgan fingerprint density at radius 1 is 1.55 bits per heavy atom. The van der Waals surface area contributed by atoms with Crippen LogP contribution in [0.2, 0.25) is 0 Å². The first-order valence-corrected chi connectivity index (χ1v) is 8.60. The summed E-state index contributed by atoms with van der Waals surface area (Å²) >= 11 is 7.25. The Morgan fingerprint density at radius 3 is 2.85 bits per heavy atom. The second-order valence-electron chi connectivity index (χ2n) is 3.91. The number of thioether (sulfide) groups is 1. The highest BCUT2D eigenvalue weighted by Crippen LogP contribution is 2.31. The van der Waals surface area contributed by atoms with E-state index in [1.807, 2.05) is 6.92 Å². The summed E-state index contributed by atoms with van der Waals surface area (Å²) in [6.07, 6.45) is 0. The highest BCUT2D eigenvalue weighted by molar-refractivity contribution is 8.03. The van der Waals surface area contributed by atoms with Crippen LogP contribution in [-0.2, 0) is 10.0 Å². The molecular formula is C11H14ClN3O3S2. The van der Waals surface area contributed by atoms with E-state index < -0.39 is 10.0 Å². The first-order chi connectivity index (χ1) is 9.40. The third kappa shape index (κ3) is 3.72. The number of hydrogen-bond donors (Lipinski definition) is 3. The lowest BCUT2D eigenvalue weighted by molar-refractivity contribution is 0.341. The highest BCUT2D eigenvalue weighted by Gasteiger charge is 2.18. The standard InChI is InChI=1S/C11H14ClN3O3S2/c1-2-18-9-4-3-7(20(13,16)17)5-8(9)14-11-15-10(12)6-19-11/h3-6,11,14-15H,2H2,1H3,(H2,13,16,17). The summed E-state index contributed by atoms with van der Waals surface area (Å²) in [7, 11) is -3.76. The Hall–Kier alpha value is -1.09. The summed E-state index contributed by atoms with van der Waals surface area (Å²) in [5.74, 6) is 0.547. The highest BCUT2D eigenvalue weighted by atomic mass is 35.5. The number of ether oxygens (including phenoxy) is 1. The van der Waals surface area contributed by atoms with Gasteiger partial charge in [0.05, 0.1) is 17.2 Å². The van der Waals surface area contributed by atoms with Crippen LogP contribution in [0.15, 0.2) is 33.7 Å². The lowest BCUT2D eigenvalue weighted by Crippen LogP contribution is -2.27. The molecule has 0 saturated carbocycles. The zero-order valence-corrected chi connectivity index (χ0v) is 13.0. The van der Waals surface area contributed by atoms with Gasteiger partial charge in [0, 0.05) is 5.41 Å². The average molecular weight is 336 g/mol. The predicted octanol–water partition coefficient (Wildman–Crippen LogP) is 1.80. The SMILES string of the molecule is CCOc1ccc(S(N)(=O)=O)cc1NC1NC(Cl)=CS1. The van der Waals surface area contributed by atoms with E-state index in [-0.39, 0.29) is 10.4 Å². The van der Waals surface area contributed by atoms with E-state index in [0.29, 0.717) is 23.2 Å². The molecule has 1 atom stereocenters. The van der Waals surface area contributed by atoms with Crippen molar-refractivity contribution in [2.45, 2.75) is 17.3 Å². The molecule has 1 aliphatic rings. The molecule has 0 fully saturated rings. The van der Waals surface area contributed by atoms with Gasteiger partial charge in [0.2, 0.25) is 10.0 Å². The van der Waals surface area contributed by atoms with Crippen LogP contribution in [0.1, 0.15) is 6.92 Å². The summed E-state index contributed by atoms with van der Waals surface area (Å²) in [4.78, 5) is 0.0190. The summed E-state index contributed by atoms with van der Waals surface area (Å²) in [6.45, 7) is 2.31. The molecular weight excluding hydrogens is 322 g/mol. The molecule has 2 rings (SSSR count). The minimum absolute atomic E-state index is 0.0190. The second-order valence-corrected chi connectivity index (χ2v) is 6.85. The second kappa shape index (κ2) is 6.13. The summed E-state index contributed by atoms with van der Waals surface area (Å²) in [6, 6.07) is 4.42. The molecule has 1 aromatic rings. The molecule has 4 N–H and O–H groups in total. The maximum Gasteiger partial charge on any atom is 0.238 e. The van der Waals surface area contributed by atoms with E-state index in [1.54, 1.807) is 11.5 Å². The molecule has 6 nitrogen and oxygen atoms in total. The van der Waals surface area contributed by atoms with Gasteiger partial charge in [-0.2, -0.15) is 0 Å². The Morgan fingerprint density at radius 2 is 2.30 bits per heavy atom. The number of primary sulfonamides is 1. The van der Waals surface area contributed by atoms with E-state index in [1.165, 1.54) is 23.9 Å². The van der Waals surface area contributed by atoms with Gasteiger partial charge >= 0.3 is 0 Å². The Bertz CT molecular complexity index is 634. The minimum atomic E-state index is -3.76. The van der Waals surface area contributed by atoms with E-state index in [2.05, 4.69) is 10.6 Å². The van der Waals surface area contributed by atoms with Crippen LogP contribution in [0.4, 0.5) is 5.69 Å². The number of benzene rings is 1. The molecule has 0 aromatic heterocycles. The normalized spacial score (nSPS) is 18.4. The Balaban J connectivity index is 2.27. The molecule has 9 heteroatoms. The van der Waals surface area contributed by atoms with Gasteiger partial charge in [-0.3, -0.25) is 0 Å². The van der Waals surface area contributed by atoms with Crippen molar-refractivity contribution in [1.29, 1.82) is 0 Å². The molecule has 1 aromatic carbocycles. The summed E-state index contributed by atoms with van der Waals surface area (Å²) in [5, 5.41) is 13.5. The van der Waals surface area contributed by atoms with Crippen LogP contribution in [-0.4, -0.2) is 20.5 Å². The molecule has 20 heavy (non-hydrogen) atoms. The van der Waals surface area contributed by atoms with Crippen LogP contribution >= 0.6 is 23.4 Å². The first kappa shape index (κ1) is 15.3. The van der Waals surface area contributed by atoms with Crippen LogP contribution in [0, 0.1) is 0 Å². The lowest BCUT2D eigenvalue weighted by atomic mass is 10.3. The molecule has 110 valence electrons. The van der Waals surface area contributed by atoms with Crippen LogP contribution < -0.4 is 20.5 Å². The van der Waals surface area contributed by atoms with Gasteiger partial charge in [0.1, 0.15) is 10.9 Å². The number of sulfonamides is 1. The average Bonchev–Trinajstić information content (AvgIpc) is 2.76. The Kier molecular flexibility index (Phi) is 4.69. The fraction of sp³-hybridized carbons (Fsp3) is 0.273. The van der Waals surface area contributed by atoms with Gasteiger partial charge in [-0.15, -0.1) is 0 Å². The van der Waals surface area contributed by atoms with Crippen LogP contribution in [0.3, 0.4) is 0 Å². The topological polar surface area (TPSA) is 93.5 Å². The quantitative estimate of drug-likeness (QED) is 0.710. The number of halogens is 1. The van der Waals surface area contributed by atoms with Gasteiger partial charge < -0.3 is 15.4 Å². The number of nitrogens with two attached hydrogens (primary N) is 1. The van der Waals surface area contributed by atoms with Crippen LogP contribution in [0.5, 0.6) is 5.75 Å². The Labute approximate surface area is 126 Å².